The molecule has 2 aromatic carbocycles. The number of amides is 1. The van der Waals surface area contributed by atoms with E-state index in [2.05, 4.69) is 20.5 Å². The third kappa shape index (κ3) is 1.93. The Morgan fingerprint density at radius 2 is 1.94 bits per heavy atom. The van der Waals surface area contributed by atoms with Crippen molar-refractivity contribution in [3.05, 3.63) is 54.6 Å². The molecule has 3 rings (SSSR count). The Kier molecular flexibility index (Phi) is 2.49. The minimum atomic E-state index is -0.303. The van der Waals surface area contributed by atoms with E-state index < -0.39 is 0 Å². The van der Waals surface area contributed by atoms with Crippen LogP contribution < -0.4 is 5.32 Å². The van der Waals surface area contributed by atoms with Gasteiger partial charge in [0, 0.05) is 5.69 Å². The normalized spacial score (nSPS) is 10.4. The van der Waals surface area contributed by atoms with E-state index in [1.807, 2.05) is 42.5 Å². The standard InChI is InChI=1S/C13H10N4O/c18-13(12-14-8-15-17-12)16-11-6-5-9-3-1-2-4-10(9)7-11/h1-8H,(H,16,18)(H,14,15,17). The van der Waals surface area contributed by atoms with Crippen LogP contribution in [-0.4, -0.2) is 21.1 Å². The molecule has 3 aromatic rings. The third-order valence-electron chi connectivity index (χ3n) is 2.64. The number of benzene rings is 2. The molecule has 1 aromatic heterocycles. The number of nitrogens with zero attached hydrogens (tertiary/aromatic N) is 2. The monoisotopic (exact) mass is 238 g/mol. The van der Waals surface area contributed by atoms with Crippen molar-refractivity contribution in [3.8, 4) is 0 Å². The first-order valence-electron chi connectivity index (χ1n) is 5.48. The van der Waals surface area contributed by atoms with Crippen molar-refractivity contribution in [3.63, 3.8) is 0 Å². The van der Waals surface area contributed by atoms with Crippen molar-refractivity contribution in [1.29, 1.82) is 0 Å². The van der Waals surface area contributed by atoms with Gasteiger partial charge < -0.3 is 5.32 Å². The molecule has 0 saturated heterocycles. The van der Waals surface area contributed by atoms with Crippen molar-refractivity contribution in [2.75, 3.05) is 5.32 Å². The smallest absolute Gasteiger partial charge is 0.292 e. The molecule has 88 valence electrons. The van der Waals surface area contributed by atoms with E-state index in [1.54, 1.807) is 0 Å². The maximum absolute atomic E-state index is 11.8. The summed E-state index contributed by atoms with van der Waals surface area (Å²) in [6.07, 6.45) is 1.30. The van der Waals surface area contributed by atoms with Crippen molar-refractivity contribution in [2.45, 2.75) is 0 Å². The molecule has 0 saturated carbocycles. The fourth-order valence-corrected chi connectivity index (χ4v) is 1.77. The number of aromatic nitrogens is 3. The summed E-state index contributed by atoms with van der Waals surface area (Å²) in [6.45, 7) is 0. The second-order valence-electron chi connectivity index (χ2n) is 3.85. The highest BCUT2D eigenvalue weighted by atomic mass is 16.2. The van der Waals surface area contributed by atoms with E-state index in [-0.39, 0.29) is 11.7 Å². The average Bonchev–Trinajstić information content (AvgIpc) is 2.92. The second kappa shape index (κ2) is 4.29. The summed E-state index contributed by atoms with van der Waals surface area (Å²) in [5, 5.41) is 11.1. The molecule has 0 fully saturated rings. The van der Waals surface area contributed by atoms with E-state index in [0.717, 1.165) is 16.5 Å². The summed E-state index contributed by atoms with van der Waals surface area (Å²) in [4.78, 5) is 15.6. The molecule has 0 aliphatic rings. The summed E-state index contributed by atoms with van der Waals surface area (Å²) in [6, 6.07) is 13.7. The number of anilines is 1. The lowest BCUT2D eigenvalue weighted by atomic mass is 10.1. The van der Waals surface area contributed by atoms with Crippen LogP contribution in [-0.2, 0) is 0 Å². The number of carbonyl (C=O) groups excluding carboxylic acids is 1. The van der Waals surface area contributed by atoms with Crippen LogP contribution in [0.4, 0.5) is 5.69 Å². The van der Waals surface area contributed by atoms with Crippen molar-refractivity contribution >= 4 is 22.4 Å². The van der Waals surface area contributed by atoms with Crippen molar-refractivity contribution < 1.29 is 4.79 Å². The zero-order valence-corrected chi connectivity index (χ0v) is 9.42. The van der Waals surface area contributed by atoms with Gasteiger partial charge >= 0.3 is 0 Å². The van der Waals surface area contributed by atoms with E-state index >= 15 is 0 Å². The Morgan fingerprint density at radius 3 is 2.72 bits per heavy atom. The largest absolute Gasteiger partial charge is 0.319 e. The highest BCUT2D eigenvalue weighted by molar-refractivity contribution is 6.02. The fourth-order valence-electron chi connectivity index (χ4n) is 1.77. The van der Waals surface area contributed by atoms with Gasteiger partial charge in [0.05, 0.1) is 0 Å². The molecule has 0 radical (unpaired) electrons. The second-order valence-corrected chi connectivity index (χ2v) is 3.85. The number of nitrogens with one attached hydrogen (secondary N) is 2. The Labute approximate surface area is 103 Å². The van der Waals surface area contributed by atoms with Crippen LogP contribution in [0.2, 0.25) is 0 Å². The predicted molar refractivity (Wildman–Crippen MR) is 68.3 cm³/mol. The summed E-state index contributed by atoms with van der Waals surface area (Å²) >= 11 is 0. The quantitative estimate of drug-likeness (QED) is 0.719. The van der Waals surface area contributed by atoms with Gasteiger partial charge in [0.1, 0.15) is 6.33 Å². The maximum atomic E-state index is 11.8. The first-order valence-corrected chi connectivity index (χ1v) is 5.48. The Balaban J connectivity index is 1.89. The molecule has 18 heavy (non-hydrogen) atoms. The molecule has 0 aliphatic heterocycles. The highest BCUT2D eigenvalue weighted by Crippen LogP contribution is 2.18. The summed E-state index contributed by atoms with van der Waals surface area (Å²) in [5.41, 5.74) is 0.732. The molecule has 5 heteroatoms. The molecule has 0 unspecified atom stereocenters. The van der Waals surface area contributed by atoms with Crippen LogP contribution in [0.15, 0.2) is 48.8 Å². The van der Waals surface area contributed by atoms with E-state index in [0.29, 0.717) is 0 Å². The Hall–Kier alpha value is -2.69. The molecule has 0 aliphatic carbocycles. The Bertz CT molecular complexity index is 691. The molecular formula is C13H10N4O. The van der Waals surface area contributed by atoms with Crippen LogP contribution >= 0.6 is 0 Å². The number of hydrogen-bond acceptors (Lipinski definition) is 3. The number of hydrogen-bond donors (Lipinski definition) is 2. The number of H-pyrrole nitrogens is 1. The van der Waals surface area contributed by atoms with Crippen LogP contribution in [0.25, 0.3) is 10.8 Å². The molecule has 0 atom stereocenters. The van der Waals surface area contributed by atoms with Gasteiger partial charge in [-0.1, -0.05) is 30.3 Å². The number of rotatable bonds is 2. The third-order valence-corrected chi connectivity index (χ3v) is 2.64. The highest BCUT2D eigenvalue weighted by Gasteiger charge is 2.08. The number of aromatic amines is 1. The zero-order valence-electron chi connectivity index (χ0n) is 9.42. The van der Waals surface area contributed by atoms with Gasteiger partial charge in [0.2, 0.25) is 5.82 Å². The molecular weight excluding hydrogens is 228 g/mol. The number of carbonyl (C=O) groups is 1. The van der Waals surface area contributed by atoms with Gasteiger partial charge in [0.25, 0.3) is 5.91 Å². The van der Waals surface area contributed by atoms with Crippen LogP contribution in [0.3, 0.4) is 0 Å². The first kappa shape index (κ1) is 10.5. The van der Waals surface area contributed by atoms with Crippen molar-refractivity contribution in [2.24, 2.45) is 0 Å². The molecule has 5 nitrogen and oxygen atoms in total. The summed E-state index contributed by atoms with van der Waals surface area (Å²) in [7, 11) is 0. The predicted octanol–water partition coefficient (Wildman–Crippen LogP) is 2.21. The van der Waals surface area contributed by atoms with Crippen LogP contribution in [0, 0.1) is 0 Å². The summed E-state index contributed by atoms with van der Waals surface area (Å²) in [5.74, 6) is -0.106. The van der Waals surface area contributed by atoms with Gasteiger partial charge in [-0.05, 0) is 22.9 Å². The lowest BCUT2D eigenvalue weighted by molar-refractivity contribution is 0.101. The van der Waals surface area contributed by atoms with Gasteiger partial charge in [-0.3, -0.25) is 9.89 Å². The summed E-state index contributed by atoms with van der Waals surface area (Å²) < 4.78 is 0. The van der Waals surface area contributed by atoms with E-state index in [4.69, 9.17) is 0 Å². The van der Waals surface area contributed by atoms with Gasteiger partial charge in [0.15, 0.2) is 0 Å². The van der Waals surface area contributed by atoms with E-state index in [9.17, 15) is 4.79 Å². The first-order chi connectivity index (χ1) is 8.83. The number of fused-ring (bicyclic) bond motifs is 1. The fraction of sp³-hybridized carbons (Fsp3) is 0. The molecule has 0 spiro atoms. The minimum Gasteiger partial charge on any atom is -0.319 e. The van der Waals surface area contributed by atoms with Crippen molar-refractivity contribution in [1.82, 2.24) is 15.2 Å². The average molecular weight is 238 g/mol. The maximum Gasteiger partial charge on any atom is 0.292 e. The van der Waals surface area contributed by atoms with Gasteiger partial charge in [-0.2, -0.15) is 5.10 Å². The molecule has 2 N–H and O–H groups in total. The lowest BCUT2D eigenvalue weighted by Crippen LogP contribution is -2.13. The minimum absolute atomic E-state index is 0.197. The molecule has 1 amide bonds. The molecule has 0 bridgehead atoms. The lowest BCUT2D eigenvalue weighted by Gasteiger charge is -2.04. The van der Waals surface area contributed by atoms with E-state index in [1.165, 1.54) is 6.33 Å². The zero-order chi connectivity index (χ0) is 12.4. The Morgan fingerprint density at radius 1 is 1.11 bits per heavy atom. The van der Waals surface area contributed by atoms with Crippen LogP contribution in [0.5, 0.6) is 0 Å². The molecule has 1 heterocycles. The van der Waals surface area contributed by atoms with Crippen LogP contribution in [0.1, 0.15) is 10.6 Å². The van der Waals surface area contributed by atoms with Gasteiger partial charge in [-0.25, -0.2) is 4.98 Å². The van der Waals surface area contributed by atoms with Gasteiger partial charge in [-0.15, -0.1) is 0 Å². The topological polar surface area (TPSA) is 70.7 Å². The SMILES string of the molecule is O=C(Nc1ccc2ccccc2c1)c1ncn[nH]1.